The molecule has 1 unspecified atom stereocenters. The third kappa shape index (κ3) is 1.54. The largest absolute Gasteiger partial charge is 0.312 e. The maximum Gasteiger partial charge on any atom is 0.184 e. The van der Waals surface area contributed by atoms with Crippen molar-refractivity contribution in [3.63, 3.8) is 0 Å². The van der Waals surface area contributed by atoms with Gasteiger partial charge in [-0.25, -0.2) is 9.97 Å². The first-order valence-corrected chi connectivity index (χ1v) is 6.22. The van der Waals surface area contributed by atoms with Crippen molar-refractivity contribution >= 4 is 11.3 Å². The highest BCUT2D eigenvalue weighted by atomic mass is 32.1. The molecule has 0 saturated heterocycles. The lowest BCUT2D eigenvalue weighted by molar-refractivity contribution is 0.490. The molecule has 0 aliphatic heterocycles. The van der Waals surface area contributed by atoms with Crippen molar-refractivity contribution in [1.29, 1.82) is 0 Å². The van der Waals surface area contributed by atoms with E-state index in [0.717, 1.165) is 17.3 Å². The molecule has 2 N–H and O–H groups in total. The van der Waals surface area contributed by atoms with E-state index < -0.39 is 0 Å². The molecule has 1 aliphatic rings. The zero-order chi connectivity index (χ0) is 11.0. The van der Waals surface area contributed by atoms with Crippen molar-refractivity contribution in [3.05, 3.63) is 16.9 Å². The van der Waals surface area contributed by atoms with Gasteiger partial charge in [-0.15, -0.1) is 11.3 Å². The lowest BCUT2D eigenvalue weighted by atomic mass is 9.98. The minimum absolute atomic E-state index is 0.400. The maximum atomic E-state index is 4.67. The number of rotatable bonds is 2. The molecule has 0 fully saturated rings. The first-order chi connectivity index (χ1) is 7.88. The van der Waals surface area contributed by atoms with Crippen LogP contribution < -0.4 is 5.32 Å². The first kappa shape index (κ1) is 9.92. The van der Waals surface area contributed by atoms with E-state index in [2.05, 4.69) is 25.5 Å². The minimum Gasteiger partial charge on any atom is -0.312 e. The van der Waals surface area contributed by atoms with Crippen LogP contribution in [0.15, 0.2) is 6.33 Å². The molecule has 1 aliphatic carbocycles. The third-order valence-electron chi connectivity index (χ3n) is 2.92. The van der Waals surface area contributed by atoms with Gasteiger partial charge >= 0.3 is 0 Å². The molecule has 0 spiro atoms. The Balaban J connectivity index is 2.02. The topological polar surface area (TPSA) is 66.5 Å². The Bertz CT molecular complexity index is 475. The summed E-state index contributed by atoms with van der Waals surface area (Å²) in [6.07, 6.45) is 5.06. The molecule has 0 radical (unpaired) electrons. The van der Waals surface area contributed by atoms with E-state index in [1.54, 1.807) is 11.3 Å². The normalized spacial score (nSPS) is 19.7. The molecule has 6 heteroatoms. The predicted molar refractivity (Wildman–Crippen MR) is 62.2 cm³/mol. The molecule has 16 heavy (non-hydrogen) atoms. The van der Waals surface area contributed by atoms with Crippen LogP contribution in [0, 0.1) is 0 Å². The third-order valence-corrected chi connectivity index (χ3v) is 4.06. The van der Waals surface area contributed by atoms with Crippen LogP contribution in [0.4, 0.5) is 0 Å². The van der Waals surface area contributed by atoms with E-state index in [1.807, 2.05) is 7.05 Å². The lowest BCUT2D eigenvalue weighted by Gasteiger charge is -2.19. The Labute approximate surface area is 97.3 Å². The second-order valence-electron chi connectivity index (χ2n) is 3.90. The summed E-state index contributed by atoms with van der Waals surface area (Å²) >= 11 is 1.73. The number of hydrogen-bond acceptors (Lipinski definition) is 5. The average Bonchev–Trinajstić information content (AvgIpc) is 2.96. The summed E-state index contributed by atoms with van der Waals surface area (Å²) in [7, 11) is 1.99. The second kappa shape index (κ2) is 3.95. The quantitative estimate of drug-likeness (QED) is 0.828. The van der Waals surface area contributed by atoms with E-state index in [0.29, 0.717) is 6.04 Å². The predicted octanol–water partition coefficient (Wildman–Crippen LogP) is 1.52. The lowest BCUT2D eigenvalue weighted by Crippen LogP contribution is -2.21. The van der Waals surface area contributed by atoms with Crippen molar-refractivity contribution in [1.82, 2.24) is 25.5 Å². The Hall–Kier alpha value is -1.27. The molecule has 0 aromatic carbocycles. The van der Waals surface area contributed by atoms with Gasteiger partial charge < -0.3 is 5.32 Å². The highest BCUT2D eigenvalue weighted by molar-refractivity contribution is 7.15. The number of fused-ring (bicyclic) bond motifs is 1. The second-order valence-corrected chi connectivity index (χ2v) is 4.98. The highest BCUT2D eigenvalue weighted by Crippen LogP contribution is 2.35. The van der Waals surface area contributed by atoms with Gasteiger partial charge in [-0.1, -0.05) is 0 Å². The highest BCUT2D eigenvalue weighted by Gasteiger charge is 2.24. The minimum atomic E-state index is 0.400. The van der Waals surface area contributed by atoms with Gasteiger partial charge in [0.25, 0.3) is 0 Å². The zero-order valence-electron chi connectivity index (χ0n) is 9.03. The van der Waals surface area contributed by atoms with E-state index in [1.165, 1.54) is 29.7 Å². The zero-order valence-corrected chi connectivity index (χ0v) is 9.84. The standard InChI is InChI=1S/C10H13N5S/c1-11-6-3-2-4-7-8(6)14-10(16-7)9-12-5-13-15-9/h5-6,11H,2-4H2,1H3,(H,12,13,15). The van der Waals surface area contributed by atoms with Gasteiger partial charge in [0.2, 0.25) is 0 Å². The van der Waals surface area contributed by atoms with Crippen LogP contribution in [0.25, 0.3) is 10.8 Å². The first-order valence-electron chi connectivity index (χ1n) is 5.41. The molecule has 0 saturated carbocycles. The number of nitrogens with zero attached hydrogens (tertiary/aromatic N) is 3. The molecule has 5 nitrogen and oxygen atoms in total. The van der Waals surface area contributed by atoms with Crippen molar-refractivity contribution in [2.75, 3.05) is 7.05 Å². The number of aryl methyl sites for hydroxylation is 1. The Morgan fingerprint density at radius 3 is 3.25 bits per heavy atom. The molecule has 2 heterocycles. The number of nitrogens with one attached hydrogen (secondary N) is 2. The molecular formula is C10H13N5S. The van der Waals surface area contributed by atoms with Gasteiger partial charge in [0.1, 0.15) is 6.33 Å². The summed E-state index contributed by atoms with van der Waals surface area (Å²) in [6, 6.07) is 0.400. The van der Waals surface area contributed by atoms with E-state index in [4.69, 9.17) is 0 Å². The van der Waals surface area contributed by atoms with Crippen LogP contribution in [0.3, 0.4) is 0 Å². The van der Waals surface area contributed by atoms with Crippen LogP contribution in [-0.4, -0.2) is 27.2 Å². The number of aromatic nitrogens is 4. The summed E-state index contributed by atoms with van der Waals surface area (Å²) in [4.78, 5) is 10.2. The number of aromatic amines is 1. The van der Waals surface area contributed by atoms with Gasteiger partial charge in [-0.3, -0.25) is 5.10 Å². The fourth-order valence-electron chi connectivity index (χ4n) is 2.11. The monoisotopic (exact) mass is 235 g/mol. The molecule has 0 amide bonds. The van der Waals surface area contributed by atoms with Crippen LogP contribution in [0.2, 0.25) is 0 Å². The van der Waals surface area contributed by atoms with Crippen LogP contribution in [-0.2, 0) is 6.42 Å². The van der Waals surface area contributed by atoms with Gasteiger partial charge in [-0.05, 0) is 26.3 Å². The van der Waals surface area contributed by atoms with E-state index in [9.17, 15) is 0 Å². The van der Waals surface area contributed by atoms with E-state index in [-0.39, 0.29) is 0 Å². The van der Waals surface area contributed by atoms with Gasteiger partial charge in [0.05, 0.1) is 11.7 Å². The van der Waals surface area contributed by atoms with Crippen LogP contribution >= 0.6 is 11.3 Å². The fraction of sp³-hybridized carbons (Fsp3) is 0.500. The Morgan fingerprint density at radius 2 is 2.50 bits per heavy atom. The fourth-order valence-corrected chi connectivity index (χ4v) is 3.22. The average molecular weight is 235 g/mol. The Kier molecular flexibility index (Phi) is 2.45. The molecule has 1 atom stereocenters. The summed E-state index contributed by atoms with van der Waals surface area (Å²) < 4.78 is 0. The molecule has 84 valence electrons. The van der Waals surface area contributed by atoms with Gasteiger partial charge in [0.15, 0.2) is 10.8 Å². The van der Waals surface area contributed by atoms with Gasteiger partial charge in [0, 0.05) is 4.88 Å². The van der Waals surface area contributed by atoms with Crippen molar-refractivity contribution in [3.8, 4) is 10.8 Å². The maximum absolute atomic E-state index is 4.67. The molecule has 2 aromatic heterocycles. The molecule has 2 aromatic rings. The molecule has 0 bridgehead atoms. The SMILES string of the molecule is CNC1CCCc2sc(-c3ncn[nH]3)nc21. The van der Waals surface area contributed by atoms with Gasteiger partial charge in [-0.2, -0.15) is 5.10 Å². The van der Waals surface area contributed by atoms with E-state index >= 15 is 0 Å². The summed E-state index contributed by atoms with van der Waals surface area (Å²) in [5.74, 6) is 0.772. The molecular weight excluding hydrogens is 222 g/mol. The molecule has 3 rings (SSSR count). The van der Waals surface area contributed by atoms with Crippen LogP contribution in [0.5, 0.6) is 0 Å². The number of H-pyrrole nitrogens is 1. The number of thiazole rings is 1. The van der Waals surface area contributed by atoms with Crippen molar-refractivity contribution < 1.29 is 0 Å². The van der Waals surface area contributed by atoms with Crippen molar-refractivity contribution in [2.45, 2.75) is 25.3 Å². The van der Waals surface area contributed by atoms with Crippen LogP contribution in [0.1, 0.15) is 29.5 Å². The summed E-state index contributed by atoms with van der Waals surface area (Å²) in [5, 5.41) is 11.0. The smallest absolute Gasteiger partial charge is 0.184 e. The summed E-state index contributed by atoms with van der Waals surface area (Å²) in [5.41, 5.74) is 1.20. The summed E-state index contributed by atoms with van der Waals surface area (Å²) in [6.45, 7) is 0. The van der Waals surface area contributed by atoms with Crippen molar-refractivity contribution in [2.24, 2.45) is 0 Å². The number of hydrogen-bond donors (Lipinski definition) is 2. The Morgan fingerprint density at radius 1 is 1.56 bits per heavy atom.